The van der Waals surface area contributed by atoms with Crippen LogP contribution in [0, 0.1) is 0 Å². The minimum Gasteiger partial charge on any atom is -0.339 e. The molecule has 7 nitrogen and oxygen atoms in total. The lowest BCUT2D eigenvalue weighted by Gasteiger charge is -2.31. The molecule has 0 bridgehead atoms. The summed E-state index contributed by atoms with van der Waals surface area (Å²) in [4.78, 5) is 30.2. The summed E-state index contributed by atoms with van der Waals surface area (Å²) in [5.74, 6) is 1.36. The predicted molar refractivity (Wildman–Crippen MR) is 92.7 cm³/mol. The topological polar surface area (TPSA) is 88.3 Å². The van der Waals surface area contributed by atoms with Gasteiger partial charge in [-0.25, -0.2) is 4.79 Å². The van der Waals surface area contributed by atoms with E-state index in [0.717, 1.165) is 12.8 Å². The van der Waals surface area contributed by atoms with E-state index in [-0.39, 0.29) is 17.7 Å². The minimum absolute atomic E-state index is 0.0297. The van der Waals surface area contributed by atoms with Crippen LogP contribution in [0.2, 0.25) is 0 Å². The standard InChI is InChI=1S/C18H22N4O3/c1-3-16-20-17(21-25-16)14-7-5-9-22(11-14)18(24)19-15-8-4-6-13(10-15)12(2)23/h4,6,8,10,14H,3,5,7,9,11H2,1-2H3,(H,19,24)/t14-/m0/s1. The molecule has 1 aromatic carbocycles. The molecule has 3 rings (SSSR count). The summed E-state index contributed by atoms with van der Waals surface area (Å²) in [7, 11) is 0. The van der Waals surface area contributed by atoms with Crippen LogP contribution in [0.25, 0.3) is 0 Å². The van der Waals surface area contributed by atoms with Gasteiger partial charge in [-0.3, -0.25) is 4.79 Å². The summed E-state index contributed by atoms with van der Waals surface area (Å²) in [6.07, 6.45) is 2.53. The molecular weight excluding hydrogens is 320 g/mol. The number of rotatable bonds is 4. The van der Waals surface area contributed by atoms with Crippen LogP contribution in [0.5, 0.6) is 0 Å². The maximum atomic E-state index is 12.6. The average Bonchev–Trinajstić information content (AvgIpc) is 3.11. The Bertz CT molecular complexity index is 771. The Morgan fingerprint density at radius 3 is 2.96 bits per heavy atom. The maximum absolute atomic E-state index is 12.6. The first-order valence-corrected chi connectivity index (χ1v) is 8.56. The molecule has 1 aliphatic heterocycles. The van der Waals surface area contributed by atoms with E-state index in [4.69, 9.17) is 4.52 Å². The number of piperidine rings is 1. The van der Waals surface area contributed by atoms with Crippen molar-refractivity contribution in [1.29, 1.82) is 0 Å². The molecule has 1 atom stereocenters. The smallest absolute Gasteiger partial charge is 0.321 e. The number of carbonyl (C=O) groups is 2. The number of hydrogen-bond acceptors (Lipinski definition) is 5. The van der Waals surface area contributed by atoms with Crippen molar-refractivity contribution in [2.24, 2.45) is 0 Å². The molecule has 1 saturated heterocycles. The zero-order chi connectivity index (χ0) is 17.8. The molecule has 2 aromatic rings. The van der Waals surface area contributed by atoms with E-state index in [2.05, 4.69) is 15.5 Å². The molecule has 132 valence electrons. The van der Waals surface area contributed by atoms with Crippen LogP contribution in [0.1, 0.15) is 54.7 Å². The van der Waals surface area contributed by atoms with E-state index >= 15 is 0 Å². The van der Waals surface area contributed by atoms with Crippen molar-refractivity contribution in [3.8, 4) is 0 Å². The normalized spacial score (nSPS) is 17.4. The molecule has 1 fully saturated rings. The highest BCUT2D eigenvalue weighted by Gasteiger charge is 2.28. The van der Waals surface area contributed by atoms with E-state index in [1.165, 1.54) is 6.92 Å². The van der Waals surface area contributed by atoms with Crippen LogP contribution in [-0.2, 0) is 6.42 Å². The number of ketones is 1. The largest absolute Gasteiger partial charge is 0.339 e. The van der Waals surface area contributed by atoms with E-state index in [9.17, 15) is 9.59 Å². The van der Waals surface area contributed by atoms with Crippen LogP contribution < -0.4 is 5.32 Å². The Labute approximate surface area is 146 Å². The van der Waals surface area contributed by atoms with Gasteiger partial charge in [-0.1, -0.05) is 24.2 Å². The Kier molecular flexibility index (Phi) is 5.11. The molecule has 25 heavy (non-hydrogen) atoms. The summed E-state index contributed by atoms with van der Waals surface area (Å²) in [6.45, 7) is 4.72. The molecule has 2 amide bonds. The average molecular weight is 342 g/mol. The highest BCUT2D eigenvalue weighted by atomic mass is 16.5. The third-order valence-electron chi connectivity index (χ3n) is 4.38. The van der Waals surface area contributed by atoms with Gasteiger partial charge in [-0.05, 0) is 31.9 Å². The monoisotopic (exact) mass is 342 g/mol. The van der Waals surface area contributed by atoms with E-state index in [0.29, 0.717) is 42.5 Å². The summed E-state index contributed by atoms with van der Waals surface area (Å²) in [5.41, 5.74) is 1.20. The van der Waals surface area contributed by atoms with Gasteiger partial charge in [0.05, 0.1) is 0 Å². The zero-order valence-electron chi connectivity index (χ0n) is 14.5. The third kappa shape index (κ3) is 4.04. The van der Waals surface area contributed by atoms with Crippen molar-refractivity contribution in [1.82, 2.24) is 15.0 Å². The van der Waals surface area contributed by atoms with Gasteiger partial charge in [-0.15, -0.1) is 0 Å². The van der Waals surface area contributed by atoms with E-state index in [1.807, 2.05) is 6.92 Å². The number of Topliss-reactive ketones (excluding diaryl/α,β-unsaturated/α-hetero) is 1. The SMILES string of the molecule is CCc1nc([C@H]2CCCN(C(=O)Nc3cccc(C(C)=O)c3)C2)no1. The molecule has 1 N–H and O–H groups in total. The molecular formula is C18H22N4O3. The second-order valence-corrected chi connectivity index (χ2v) is 6.25. The van der Waals surface area contributed by atoms with Crippen LogP contribution in [0.3, 0.4) is 0 Å². The zero-order valence-corrected chi connectivity index (χ0v) is 14.5. The summed E-state index contributed by atoms with van der Waals surface area (Å²) in [6, 6.07) is 6.78. The molecule has 2 heterocycles. The fraction of sp³-hybridized carbons (Fsp3) is 0.444. The highest BCUT2D eigenvalue weighted by Crippen LogP contribution is 2.25. The lowest BCUT2D eigenvalue weighted by atomic mass is 9.97. The lowest BCUT2D eigenvalue weighted by Crippen LogP contribution is -2.41. The van der Waals surface area contributed by atoms with Crippen LogP contribution >= 0.6 is 0 Å². The van der Waals surface area contributed by atoms with E-state index < -0.39 is 0 Å². The van der Waals surface area contributed by atoms with Gasteiger partial charge in [0.25, 0.3) is 0 Å². The fourth-order valence-corrected chi connectivity index (χ4v) is 2.97. The molecule has 0 saturated carbocycles. The van der Waals surface area contributed by atoms with Crippen LogP contribution in [-0.4, -0.2) is 39.9 Å². The Hall–Kier alpha value is -2.70. The molecule has 0 unspecified atom stereocenters. The van der Waals surface area contributed by atoms with Gasteiger partial charge < -0.3 is 14.7 Å². The Morgan fingerprint density at radius 2 is 2.24 bits per heavy atom. The van der Waals surface area contributed by atoms with Crippen molar-refractivity contribution in [2.75, 3.05) is 18.4 Å². The fourth-order valence-electron chi connectivity index (χ4n) is 2.97. The first kappa shape index (κ1) is 17.1. The maximum Gasteiger partial charge on any atom is 0.321 e. The van der Waals surface area contributed by atoms with Gasteiger partial charge in [0.2, 0.25) is 5.89 Å². The first-order chi connectivity index (χ1) is 12.1. The number of anilines is 1. The number of urea groups is 1. The quantitative estimate of drug-likeness (QED) is 0.862. The Balaban J connectivity index is 1.65. The number of nitrogens with zero attached hydrogens (tertiary/aromatic N) is 3. The van der Waals surface area contributed by atoms with Crippen LogP contribution in [0.4, 0.5) is 10.5 Å². The minimum atomic E-state index is -0.176. The molecule has 0 aliphatic carbocycles. The second kappa shape index (κ2) is 7.46. The molecule has 1 aromatic heterocycles. The predicted octanol–water partition coefficient (Wildman–Crippen LogP) is 3.25. The second-order valence-electron chi connectivity index (χ2n) is 6.25. The van der Waals surface area contributed by atoms with Gasteiger partial charge >= 0.3 is 6.03 Å². The van der Waals surface area contributed by atoms with Crippen molar-refractivity contribution in [3.05, 3.63) is 41.5 Å². The van der Waals surface area contributed by atoms with Crippen molar-refractivity contribution in [2.45, 2.75) is 39.0 Å². The van der Waals surface area contributed by atoms with Crippen molar-refractivity contribution < 1.29 is 14.1 Å². The first-order valence-electron chi connectivity index (χ1n) is 8.56. The summed E-state index contributed by atoms with van der Waals surface area (Å²) < 4.78 is 5.18. The number of aryl methyl sites for hydroxylation is 1. The van der Waals surface area contributed by atoms with E-state index in [1.54, 1.807) is 29.2 Å². The third-order valence-corrected chi connectivity index (χ3v) is 4.38. The molecule has 0 radical (unpaired) electrons. The van der Waals surface area contributed by atoms with Crippen molar-refractivity contribution >= 4 is 17.5 Å². The number of nitrogens with one attached hydrogen (secondary N) is 1. The Morgan fingerprint density at radius 1 is 1.40 bits per heavy atom. The number of benzene rings is 1. The van der Waals surface area contributed by atoms with Crippen LogP contribution in [0.15, 0.2) is 28.8 Å². The van der Waals surface area contributed by atoms with Gasteiger partial charge in [0.15, 0.2) is 11.6 Å². The van der Waals surface area contributed by atoms with Gasteiger partial charge in [-0.2, -0.15) is 4.98 Å². The lowest BCUT2D eigenvalue weighted by molar-refractivity contribution is 0.101. The number of hydrogen-bond donors (Lipinski definition) is 1. The molecule has 0 spiro atoms. The summed E-state index contributed by atoms with van der Waals surface area (Å²) in [5, 5.41) is 6.90. The number of amides is 2. The highest BCUT2D eigenvalue weighted by molar-refractivity contribution is 5.96. The van der Waals surface area contributed by atoms with Gasteiger partial charge in [0.1, 0.15) is 0 Å². The molecule has 7 heteroatoms. The number of likely N-dealkylation sites (tertiary alicyclic amines) is 1. The number of carbonyl (C=O) groups excluding carboxylic acids is 2. The molecule has 1 aliphatic rings. The van der Waals surface area contributed by atoms with Crippen molar-refractivity contribution in [3.63, 3.8) is 0 Å². The summed E-state index contributed by atoms with van der Waals surface area (Å²) >= 11 is 0. The van der Waals surface area contributed by atoms with Gasteiger partial charge in [0, 0.05) is 36.7 Å². The number of aromatic nitrogens is 2.